The summed E-state index contributed by atoms with van der Waals surface area (Å²) in [5.41, 5.74) is 1.91. The number of benzene rings is 2. The van der Waals surface area contributed by atoms with Gasteiger partial charge in [-0.05, 0) is 56.7 Å². The monoisotopic (exact) mass is 678 g/mol. The van der Waals surface area contributed by atoms with Crippen LogP contribution in [0.4, 0.5) is 22.0 Å². The first kappa shape index (κ1) is 31.4. The fourth-order valence-electron chi connectivity index (χ4n) is 4.75. The van der Waals surface area contributed by atoms with Gasteiger partial charge in [-0.2, -0.15) is 8.78 Å². The van der Waals surface area contributed by atoms with Crippen LogP contribution in [0.1, 0.15) is 29.7 Å². The van der Waals surface area contributed by atoms with Crippen molar-refractivity contribution in [3.63, 3.8) is 0 Å². The van der Waals surface area contributed by atoms with Crippen molar-refractivity contribution >= 4 is 34.6 Å². The van der Waals surface area contributed by atoms with E-state index in [1.54, 1.807) is 39.0 Å². The fraction of sp³-hybridized carbons (Fsp3) is 0.194. The summed E-state index contributed by atoms with van der Waals surface area (Å²) in [7, 11) is 0. The molecule has 1 aliphatic heterocycles. The van der Waals surface area contributed by atoms with E-state index < -0.39 is 40.9 Å². The van der Waals surface area contributed by atoms with Gasteiger partial charge in [0.05, 0.1) is 5.39 Å². The maximum Gasteiger partial charge on any atom is 0.257 e. The predicted octanol–water partition coefficient (Wildman–Crippen LogP) is 8.21. The molecule has 0 spiro atoms. The lowest BCUT2D eigenvalue weighted by Crippen LogP contribution is -2.16. The number of aromatic nitrogens is 2. The highest BCUT2D eigenvalue weighted by Crippen LogP contribution is 2.39. The zero-order chi connectivity index (χ0) is 32.9. The molecule has 6 rings (SSSR count). The van der Waals surface area contributed by atoms with Gasteiger partial charge in [0, 0.05) is 22.9 Å². The molecular formula is C31H20ClF5N2O6S. The van der Waals surface area contributed by atoms with Gasteiger partial charge in [0.2, 0.25) is 34.8 Å². The van der Waals surface area contributed by atoms with Gasteiger partial charge in [-0.15, -0.1) is 0 Å². The highest BCUT2D eigenvalue weighted by molar-refractivity contribution is 7.95. The minimum Gasteiger partial charge on any atom is -0.484 e. The first-order valence-electron chi connectivity index (χ1n) is 13.5. The molecule has 0 aliphatic carbocycles. The Balaban J connectivity index is 1.37. The lowest BCUT2D eigenvalue weighted by molar-refractivity contribution is 0.164. The number of hydrogen-bond donors (Lipinski definition) is 0. The normalized spacial score (nSPS) is 13.2. The van der Waals surface area contributed by atoms with Gasteiger partial charge in [0.1, 0.15) is 47.9 Å². The maximum absolute atomic E-state index is 14.2. The Labute approximate surface area is 266 Å². The topological polar surface area (TPSA) is 92.9 Å². The van der Waals surface area contributed by atoms with Crippen molar-refractivity contribution in [2.45, 2.75) is 31.9 Å². The number of hydrogen-bond acceptors (Lipinski definition) is 9. The van der Waals surface area contributed by atoms with Crippen molar-refractivity contribution in [2.75, 3.05) is 13.2 Å². The molecule has 0 bridgehead atoms. The number of halogens is 6. The fourth-order valence-corrected chi connectivity index (χ4v) is 5.59. The van der Waals surface area contributed by atoms with E-state index in [0.717, 1.165) is 5.56 Å². The SMILES string of the molecule is Cc1cc(C(C)Oc2ccc(Cl)nc2SOc2c(F)c(F)c(F)c(F)c2F)c2oc(-c3cnc4c(c3)OCCO4)c(C)c(=O)c2c1. The Bertz CT molecular complexity index is 2070. The lowest BCUT2D eigenvalue weighted by atomic mass is 10.00. The second kappa shape index (κ2) is 12.3. The number of aryl methyl sites for hydroxylation is 1. The Morgan fingerprint density at radius 1 is 0.957 bits per heavy atom. The quantitative estimate of drug-likeness (QED) is 0.0555. The minimum absolute atomic E-state index is 0.0221. The van der Waals surface area contributed by atoms with Gasteiger partial charge in [0.15, 0.2) is 22.0 Å². The Morgan fingerprint density at radius 2 is 1.65 bits per heavy atom. The number of rotatable bonds is 7. The smallest absolute Gasteiger partial charge is 0.257 e. The van der Waals surface area contributed by atoms with Crippen LogP contribution in [0.2, 0.25) is 5.15 Å². The number of nitrogens with zero attached hydrogens (tertiary/aromatic N) is 2. The van der Waals surface area contributed by atoms with Gasteiger partial charge in [-0.25, -0.2) is 23.1 Å². The van der Waals surface area contributed by atoms with Crippen LogP contribution in [-0.2, 0) is 0 Å². The molecule has 8 nitrogen and oxygen atoms in total. The summed E-state index contributed by atoms with van der Waals surface area (Å²) in [6.07, 6.45) is 0.655. The Hall–Kier alpha value is -4.56. The molecule has 2 aromatic carbocycles. The number of ether oxygens (including phenoxy) is 3. The zero-order valence-corrected chi connectivity index (χ0v) is 25.5. The molecule has 0 saturated carbocycles. The highest BCUT2D eigenvalue weighted by Gasteiger charge is 2.29. The van der Waals surface area contributed by atoms with E-state index in [2.05, 4.69) is 9.97 Å². The third-order valence-electron chi connectivity index (χ3n) is 6.96. The Kier molecular flexibility index (Phi) is 8.42. The molecule has 3 aromatic heterocycles. The first-order valence-corrected chi connectivity index (χ1v) is 14.6. The number of fused-ring (bicyclic) bond motifs is 2. The van der Waals surface area contributed by atoms with E-state index in [-0.39, 0.29) is 50.1 Å². The van der Waals surface area contributed by atoms with E-state index in [4.69, 9.17) is 34.4 Å². The minimum atomic E-state index is -2.33. The van der Waals surface area contributed by atoms with Crippen LogP contribution < -0.4 is 23.8 Å². The van der Waals surface area contributed by atoms with Crippen LogP contribution in [0.3, 0.4) is 0 Å². The van der Waals surface area contributed by atoms with Crippen LogP contribution in [0.15, 0.2) is 50.8 Å². The molecule has 0 N–H and O–H groups in total. The molecule has 46 heavy (non-hydrogen) atoms. The van der Waals surface area contributed by atoms with E-state index >= 15 is 0 Å². The van der Waals surface area contributed by atoms with Crippen molar-refractivity contribution in [2.24, 2.45) is 0 Å². The van der Waals surface area contributed by atoms with Crippen LogP contribution in [0.25, 0.3) is 22.3 Å². The predicted molar refractivity (Wildman–Crippen MR) is 157 cm³/mol. The summed E-state index contributed by atoms with van der Waals surface area (Å²) in [5.74, 6) is -11.6. The average molecular weight is 679 g/mol. The average Bonchev–Trinajstić information content (AvgIpc) is 3.05. The van der Waals surface area contributed by atoms with E-state index in [0.29, 0.717) is 41.5 Å². The standard InChI is InChI=1S/C31H20ClF5N2O6S/c1-12-8-16(28-17(9-12)26(40)13(2)27(44-28)15-10-19-30(38-11-15)42-7-6-41-19)14(3)43-18-4-5-20(32)39-31(18)46-45-29-24(36)22(34)21(33)23(35)25(29)37/h4-5,8-11,14H,6-7H2,1-3H3. The molecule has 1 aliphatic rings. The molecule has 0 amide bonds. The molecule has 5 aromatic rings. The zero-order valence-electron chi connectivity index (χ0n) is 24.0. The molecule has 15 heteroatoms. The van der Waals surface area contributed by atoms with Crippen LogP contribution in [0.5, 0.6) is 23.1 Å². The number of pyridine rings is 2. The molecule has 4 heterocycles. The van der Waals surface area contributed by atoms with Crippen molar-refractivity contribution in [1.82, 2.24) is 9.97 Å². The van der Waals surface area contributed by atoms with Crippen molar-refractivity contribution in [1.29, 1.82) is 0 Å². The Morgan fingerprint density at radius 3 is 2.39 bits per heavy atom. The molecule has 1 atom stereocenters. The summed E-state index contributed by atoms with van der Waals surface area (Å²) in [6.45, 7) is 5.76. The summed E-state index contributed by atoms with van der Waals surface area (Å²) in [5, 5.41) is 0.0138. The molecule has 0 saturated heterocycles. The van der Waals surface area contributed by atoms with Crippen LogP contribution >= 0.6 is 23.6 Å². The van der Waals surface area contributed by atoms with Crippen molar-refractivity contribution in [3.05, 3.63) is 97.7 Å². The third-order valence-corrected chi connectivity index (χ3v) is 7.87. The second-order valence-electron chi connectivity index (χ2n) is 10.1. The van der Waals surface area contributed by atoms with Crippen molar-refractivity contribution in [3.8, 4) is 34.5 Å². The molecule has 0 fully saturated rings. The largest absolute Gasteiger partial charge is 0.484 e. The van der Waals surface area contributed by atoms with Gasteiger partial charge < -0.3 is 22.8 Å². The van der Waals surface area contributed by atoms with E-state index in [9.17, 15) is 26.7 Å². The molecule has 238 valence electrons. The molecule has 0 radical (unpaired) electrons. The lowest BCUT2D eigenvalue weighted by Gasteiger charge is -2.20. The van der Waals surface area contributed by atoms with Gasteiger partial charge in [-0.1, -0.05) is 11.6 Å². The van der Waals surface area contributed by atoms with Gasteiger partial charge in [-0.3, -0.25) is 4.79 Å². The van der Waals surface area contributed by atoms with E-state index in [1.165, 1.54) is 18.3 Å². The summed E-state index contributed by atoms with van der Waals surface area (Å²) >= 11 is 6.18. The maximum atomic E-state index is 14.2. The van der Waals surface area contributed by atoms with Crippen molar-refractivity contribution < 1.29 is 44.8 Å². The van der Waals surface area contributed by atoms with Crippen LogP contribution in [0, 0.1) is 42.9 Å². The summed E-state index contributed by atoms with van der Waals surface area (Å²) in [4.78, 5) is 21.9. The van der Waals surface area contributed by atoms with Crippen LogP contribution in [-0.4, -0.2) is 23.2 Å². The summed E-state index contributed by atoms with van der Waals surface area (Å²) in [6, 6.07) is 7.83. The summed E-state index contributed by atoms with van der Waals surface area (Å²) < 4.78 is 97.8. The van der Waals surface area contributed by atoms with E-state index in [1.807, 2.05) is 0 Å². The third kappa shape index (κ3) is 5.66. The highest BCUT2D eigenvalue weighted by atomic mass is 35.5. The molecule has 1 unspecified atom stereocenters. The van der Waals surface area contributed by atoms with Gasteiger partial charge in [0.25, 0.3) is 5.88 Å². The molecular weight excluding hydrogens is 659 g/mol. The first-order chi connectivity index (χ1) is 21.9. The second-order valence-corrected chi connectivity index (χ2v) is 11.2. The van der Waals surface area contributed by atoms with Gasteiger partial charge >= 0.3 is 0 Å².